The second kappa shape index (κ2) is 6.60. The monoisotopic (exact) mass is 308 g/mol. The van der Waals surface area contributed by atoms with Crippen molar-refractivity contribution in [1.82, 2.24) is 20.1 Å². The summed E-state index contributed by atoms with van der Waals surface area (Å²) in [4.78, 5) is 16.7. The zero-order chi connectivity index (χ0) is 16.2. The third kappa shape index (κ3) is 3.39. The Morgan fingerprint density at radius 2 is 1.96 bits per heavy atom. The summed E-state index contributed by atoms with van der Waals surface area (Å²) < 4.78 is 1.74. The van der Waals surface area contributed by atoms with Crippen LogP contribution in [0.2, 0.25) is 0 Å². The molecule has 0 saturated carbocycles. The van der Waals surface area contributed by atoms with Gasteiger partial charge in [0, 0.05) is 5.56 Å². The third-order valence-corrected chi connectivity index (χ3v) is 4.01. The van der Waals surface area contributed by atoms with Crippen LogP contribution in [0.4, 0.5) is 0 Å². The second-order valence-corrected chi connectivity index (χ2v) is 5.97. The molecule has 5 heteroatoms. The molecule has 118 valence electrons. The normalized spacial score (nSPS) is 12.5. The second-order valence-electron chi connectivity index (χ2n) is 5.97. The Morgan fingerprint density at radius 1 is 1.17 bits per heavy atom. The van der Waals surface area contributed by atoms with Crippen LogP contribution in [0, 0.1) is 5.92 Å². The number of amides is 1. The van der Waals surface area contributed by atoms with Crippen LogP contribution in [0.25, 0.3) is 10.8 Å². The molecule has 1 amide bonds. The van der Waals surface area contributed by atoms with Crippen LogP contribution in [-0.4, -0.2) is 26.7 Å². The van der Waals surface area contributed by atoms with Crippen molar-refractivity contribution >= 4 is 16.7 Å². The summed E-state index contributed by atoms with van der Waals surface area (Å²) in [6.07, 6.45) is 3.17. The van der Waals surface area contributed by atoms with Crippen molar-refractivity contribution in [1.29, 1.82) is 0 Å². The predicted octanol–water partition coefficient (Wildman–Crippen LogP) is 2.89. The molecule has 0 saturated heterocycles. The van der Waals surface area contributed by atoms with Gasteiger partial charge < -0.3 is 5.32 Å². The maximum absolute atomic E-state index is 12.7. The lowest BCUT2D eigenvalue weighted by molar-refractivity contribution is 0.0921. The Labute approximate surface area is 135 Å². The summed E-state index contributed by atoms with van der Waals surface area (Å²) >= 11 is 0. The van der Waals surface area contributed by atoms with Crippen LogP contribution < -0.4 is 5.32 Å². The van der Waals surface area contributed by atoms with Crippen LogP contribution in [0.3, 0.4) is 0 Å². The van der Waals surface area contributed by atoms with Crippen molar-refractivity contribution in [3.05, 3.63) is 60.7 Å². The van der Waals surface area contributed by atoms with Gasteiger partial charge in [0.05, 0.1) is 12.6 Å². The smallest absolute Gasteiger partial charge is 0.252 e. The molecule has 2 aromatic carbocycles. The number of carbonyl (C=O) groups excluding carboxylic acids is 1. The highest BCUT2D eigenvalue weighted by Crippen LogP contribution is 2.19. The number of benzene rings is 2. The van der Waals surface area contributed by atoms with E-state index < -0.39 is 0 Å². The summed E-state index contributed by atoms with van der Waals surface area (Å²) in [7, 11) is 0. The number of nitrogens with one attached hydrogen (secondary N) is 1. The van der Waals surface area contributed by atoms with Crippen molar-refractivity contribution in [3.8, 4) is 0 Å². The zero-order valence-electron chi connectivity index (χ0n) is 13.3. The van der Waals surface area contributed by atoms with Crippen LogP contribution >= 0.6 is 0 Å². The largest absolute Gasteiger partial charge is 0.347 e. The molecule has 0 spiro atoms. The van der Waals surface area contributed by atoms with Crippen molar-refractivity contribution in [3.63, 3.8) is 0 Å². The quantitative estimate of drug-likeness (QED) is 0.788. The van der Waals surface area contributed by atoms with E-state index in [1.807, 2.05) is 42.5 Å². The summed E-state index contributed by atoms with van der Waals surface area (Å²) in [6, 6.07) is 13.7. The number of aromatic nitrogens is 3. The predicted molar refractivity (Wildman–Crippen MR) is 90.1 cm³/mol. The number of nitrogens with zero attached hydrogens (tertiary/aromatic N) is 3. The van der Waals surface area contributed by atoms with Gasteiger partial charge >= 0.3 is 0 Å². The molecule has 1 aromatic heterocycles. The van der Waals surface area contributed by atoms with Crippen LogP contribution in [0.1, 0.15) is 24.2 Å². The van der Waals surface area contributed by atoms with Gasteiger partial charge in [-0.15, -0.1) is 0 Å². The van der Waals surface area contributed by atoms with Gasteiger partial charge in [-0.3, -0.25) is 9.48 Å². The van der Waals surface area contributed by atoms with E-state index in [1.54, 1.807) is 11.0 Å². The highest BCUT2D eigenvalue weighted by atomic mass is 16.1. The first-order valence-electron chi connectivity index (χ1n) is 7.76. The fourth-order valence-electron chi connectivity index (χ4n) is 2.62. The van der Waals surface area contributed by atoms with Gasteiger partial charge in [-0.25, -0.2) is 4.98 Å². The van der Waals surface area contributed by atoms with E-state index >= 15 is 0 Å². The molecular weight excluding hydrogens is 288 g/mol. The van der Waals surface area contributed by atoms with Crippen molar-refractivity contribution in [2.75, 3.05) is 0 Å². The Morgan fingerprint density at radius 3 is 2.70 bits per heavy atom. The van der Waals surface area contributed by atoms with Crippen molar-refractivity contribution in [2.45, 2.75) is 26.4 Å². The van der Waals surface area contributed by atoms with E-state index in [-0.39, 0.29) is 17.9 Å². The van der Waals surface area contributed by atoms with E-state index in [4.69, 9.17) is 0 Å². The lowest BCUT2D eigenvalue weighted by atomic mass is 10.0. The number of rotatable bonds is 5. The fraction of sp³-hybridized carbons (Fsp3) is 0.278. The maximum Gasteiger partial charge on any atom is 0.252 e. The minimum absolute atomic E-state index is 0.0110. The van der Waals surface area contributed by atoms with Crippen molar-refractivity contribution in [2.24, 2.45) is 5.92 Å². The molecule has 1 heterocycles. The molecule has 23 heavy (non-hydrogen) atoms. The number of hydrogen-bond donors (Lipinski definition) is 1. The average Bonchev–Trinajstić information content (AvgIpc) is 3.06. The summed E-state index contributed by atoms with van der Waals surface area (Å²) in [5.74, 6) is 0.235. The number of hydrogen-bond acceptors (Lipinski definition) is 3. The first kappa shape index (κ1) is 15.2. The van der Waals surface area contributed by atoms with Gasteiger partial charge in [0.1, 0.15) is 12.7 Å². The Bertz CT molecular complexity index is 790. The molecule has 0 aliphatic carbocycles. The standard InChI is InChI=1S/C18H20N4O/c1-13(2)17(10-22-12-19-11-20-22)21-18(23)16-9-5-7-14-6-3-4-8-15(14)16/h3-9,11-13,17H,10H2,1-2H3,(H,21,23)/t17-/m1/s1. The minimum atomic E-state index is -0.0550. The van der Waals surface area contributed by atoms with Crippen LogP contribution in [0.5, 0.6) is 0 Å². The lowest BCUT2D eigenvalue weighted by Crippen LogP contribution is -2.41. The van der Waals surface area contributed by atoms with Gasteiger partial charge in [-0.1, -0.05) is 50.2 Å². The molecule has 0 unspecified atom stereocenters. The molecule has 5 nitrogen and oxygen atoms in total. The fourth-order valence-corrected chi connectivity index (χ4v) is 2.62. The van der Waals surface area contributed by atoms with Crippen molar-refractivity contribution < 1.29 is 4.79 Å². The van der Waals surface area contributed by atoms with Gasteiger partial charge in [-0.05, 0) is 22.8 Å². The molecule has 1 N–H and O–H groups in total. The summed E-state index contributed by atoms with van der Waals surface area (Å²) in [5, 5.41) is 9.29. The number of carbonyl (C=O) groups is 1. The van der Waals surface area contributed by atoms with Gasteiger partial charge in [0.2, 0.25) is 0 Å². The Kier molecular flexibility index (Phi) is 4.37. The molecule has 3 rings (SSSR count). The van der Waals surface area contributed by atoms with E-state index in [2.05, 4.69) is 29.2 Å². The van der Waals surface area contributed by atoms with E-state index in [0.29, 0.717) is 12.1 Å². The lowest BCUT2D eigenvalue weighted by Gasteiger charge is -2.22. The third-order valence-electron chi connectivity index (χ3n) is 4.01. The maximum atomic E-state index is 12.7. The minimum Gasteiger partial charge on any atom is -0.347 e. The number of fused-ring (bicyclic) bond motifs is 1. The highest BCUT2D eigenvalue weighted by molar-refractivity contribution is 6.07. The average molecular weight is 308 g/mol. The summed E-state index contributed by atoms with van der Waals surface area (Å²) in [6.45, 7) is 4.78. The van der Waals surface area contributed by atoms with Gasteiger partial charge in [0.15, 0.2) is 0 Å². The molecule has 0 radical (unpaired) electrons. The Hall–Kier alpha value is -2.69. The first-order valence-corrected chi connectivity index (χ1v) is 7.76. The topological polar surface area (TPSA) is 59.8 Å². The Balaban J connectivity index is 1.83. The molecule has 0 fully saturated rings. The highest BCUT2D eigenvalue weighted by Gasteiger charge is 2.19. The van der Waals surface area contributed by atoms with Gasteiger partial charge in [-0.2, -0.15) is 5.10 Å². The molecule has 3 aromatic rings. The molecule has 0 aliphatic heterocycles. The molecule has 1 atom stereocenters. The van der Waals surface area contributed by atoms with E-state index in [1.165, 1.54) is 6.33 Å². The molecule has 0 aliphatic rings. The molecular formula is C18H20N4O. The molecule has 0 bridgehead atoms. The van der Waals surface area contributed by atoms with E-state index in [0.717, 1.165) is 10.8 Å². The zero-order valence-corrected chi connectivity index (χ0v) is 13.3. The van der Waals surface area contributed by atoms with Crippen LogP contribution in [-0.2, 0) is 6.54 Å². The van der Waals surface area contributed by atoms with E-state index in [9.17, 15) is 4.79 Å². The van der Waals surface area contributed by atoms with Crippen LogP contribution in [0.15, 0.2) is 55.1 Å². The summed E-state index contributed by atoms with van der Waals surface area (Å²) in [5.41, 5.74) is 0.701. The first-order chi connectivity index (χ1) is 11.1. The SMILES string of the molecule is CC(C)[C@@H](Cn1cncn1)NC(=O)c1cccc2ccccc12. The van der Waals surface area contributed by atoms with Gasteiger partial charge in [0.25, 0.3) is 5.91 Å².